The van der Waals surface area contributed by atoms with E-state index in [0.29, 0.717) is 6.04 Å². The molecule has 1 N–H and O–H groups in total. The van der Waals surface area contributed by atoms with Crippen molar-refractivity contribution < 1.29 is 4.74 Å². The maximum absolute atomic E-state index is 5.47. The highest BCUT2D eigenvalue weighted by molar-refractivity contribution is 5.37. The third kappa shape index (κ3) is 2.58. The second-order valence-electron chi connectivity index (χ2n) is 6.74. The minimum atomic E-state index is 0.467. The Labute approximate surface area is 122 Å². The molecule has 4 unspecified atom stereocenters. The number of methoxy groups -OCH3 is 1. The van der Waals surface area contributed by atoms with Crippen LogP contribution in [0.4, 0.5) is 0 Å². The molecule has 0 heterocycles. The van der Waals surface area contributed by atoms with Crippen LogP contribution >= 0.6 is 0 Å². The maximum Gasteiger partial charge on any atom is 0.122 e. The molecule has 2 saturated carbocycles. The largest absolute Gasteiger partial charge is 0.496 e. The van der Waals surface area contributed by atoms with Gasteiger partial charge in [-0.25, -0.2) is 0 Å². The minimum Gasteiger partial charge on any atom is -0.496 e. The Morgan fingerprint density at radius 1 is 1.30 bits per heavy atom. The van der Waals surface area contributed by atoms with Crippen LogP contribution in [0.5, 0.6) is 5.75 Å². The lowest BCUT2D eigenvalue weighted by Gasteiger charge is -2.27. The summed E-state index contributed by atoms with van der Waals surface area (Å²) in [6, 6.07) is 7.11. The summed E-state index contributed by atoms with van der Waals surface area (Å²) in [6.07, 6.45) is 7.21. The summed E-state index contributed by atoms with van der Waals surface area (Å²) < 4.78 is 5.47. The highest BCUT2D eigenvalue weighted by atomic mass is 16.5. The van der Waals surface area contributed by atoms with Crippen molar-refractivity contribution >= 4 is 0 Å². The standard InChI is InChI=1S/C18H27NO/c1-12-4-6-15(11-18(12)20-3)17(19-2)10-16-9-13-5-7-14(16)8-13/h4,6,11,13-14,16-17,19H,5,7-10H2,1-3H3. The van der Waals surface area contributed by atoms with E-state index in [0.717, 1.165) is 23.5 Å². The van der Waals surface area contributed by atoms with Crippen LogP contribution in [0.1, 0.15) is 49.3 Å². The average molecular weight is 273 g/mol. The van der Waals surface area contributed by atoms with Crippen molar-refractivity contribution in [2.24, 2.45) is 17.8 Å². The highest BCUT2D eigenvalue weighted by Crippen LogP contribution is 2.51. The smallest absolute Gasteiger partial charge is 0.122 e. The molecule has 4 atom stereocenters. The Kier molecular flexibility index (Phi) is 4.02. The fraction of sp³-hybridized carbons (Fsp3) is 0.667. The van der Waals surface area contributed by atoms with E-state index in [2.05, 4.69) is 37.5 Å². The van der Waals surface area contributed by atoms with E-state index in [9.17, 15) is 0 Å². The van der Waals surface area contributed by atoms with Crippen molar-refractivity contribution in [3.05, 3.63) is 29.3 Å². The first-order chi connectivity index (χ1) is 9.71. The molecular weight excluding hydrogens is 246 g/mol. The molecule has 110 valence electrons. The van der Waals surface area contributed by atoms with Gasteiger partial charge in [0.05, 0.1) is 7.11 Å². The first-order valence-electron chi connectivity index (χ1n) is 8.03. The van der Waals surface area contributed by atoms with Gasteiger partial charge in [0.1, 0.15) is 5.75 Å². The van der Waals surface area contributed by atoms with Gasteiger partial charge in [-0.1, -0.05) is 18.6 Å². The van der Waals surface area contributed by atoms with E-state index in [-0.39, 0.29) is 0 Å². The zero-order valence-corrected chi connectivity index (χ0v) is 13.0. The van der Waals surface area contributed by atoms with Crippen LogP contribution in [0.15, 0.2) is 18.2 Å². The first kappa shape index (κ1) is 13.9. The Hall–Kier alpha value is -1.02. The fourth-order valence-electron chi connectivity index (χ4n) is 4.44. The Morgan fingerprint density at radius 3 is 2.75 bits per heavy atom. The van der Waals surface area contributed by atoms with Gasteiger partial charge in [-0.2, -0.15) is 0 Å². The molecule has 3 rings (SSSR count). The Morgan fingerprint density at radius 2 is 2.15 bits per heavy atom. The average Bonchev–Trinajstić information content (AvgIpc) is 3.08. The molecule has 0 spiro atoms. The summed E-state index contributed by atoms with van der Waals surface area (Å²) >= 11 is 0. The molecular formula is C18H27NO. The molecule has 2 heteroatoms. The number of hydrogen-bond donors (Lipinski definition) is 1. The normalized spacial score (nSPS) is 29.6. The van der Waals surface area contributed by atoms with Gasteiger partial charge in [0.15, 0.2) is 0 Å². The summed E-state index contributed by atoms with van der Waals surface area (Å²) in [5.41, 5.74) is 2.59. The summed E-state index contributed by atoms with van der Waals surface area (Å²) in [5.74, 6) is 3.98. The Bertz CT molecular complexity index is 470. The number of benzene rings is 1. The minimum absolute atomic E-state index is 0.467. The van der Waals surface area contributed by atoms with Gasteiger partial charge in [-0.15, -0.1) is 0 Å². The van der Waals surface area contributed by atoms with Crippen molar-refractivity contribution in [3.8, 4) is 5.75 Å². The number of ether oxygens (including phenoxy) is 1. The lowest BCUT2D eigenvalue weighted by Crippen LogP contribution is -2.22. The molecule has 2 aliphatic rings. The van der Waals surface area contributed by atoms with E-state index in [4.69, 9.17) is 4.74 Å². The van der Waals surface area contributed by atoms with Crippen LogP contribution in [0.25, 0.3) is 0 Å². The zero-order valence-electron chi connectivity index (χ0n) is 13.0. The number of hydrogen-bond acceptors (Lipinski definition) is 2. The molecule has 1 aromatic carbocycles. The number of aryl methyl sites for hydroxylation is 1. The van der Waals surface area contributed by atoms with Crippen LogP contribution in [0, 0.1) is 24.7 Å². The van der Waals surface area contributed by atoms with Crippen LogP contribution in [0.2, 0.25) is 0 Å². The predicted molar refractivity (Wildman–Crippen MR) is 83.1 cm³/mol. The molecule has 20 heavy (non-hydrogen) atoms. The van der Waals surface area contributed by atoms with Crippen molar-refractivity contribution in [1.29, 1.82) is 0 Å². The third-order valence-corrected chi connectivity index (χ3v) is 5.61. The molecule has 2 fully saturated rings. The molecule has 0 aromatic heterocycles. The quantitative estimate of drug-likeness (QED) is 0.872. The molecule has 1 aromatic rings. The molecule has 0 aliphatic heterocycles. The van der Waals surface area contributed by atoms with Crippen molar-refractivity contribution in [1.82, 2.24) is 5.32 Å². The van der Waals surface area contributed by atoms with Gasteiger partial charge in [0.25, 0.3) is 0 Å². The SMILES string of the molecule is CNC(CC1CC2CCC1C2)c1ccc(C)c(OC)c1. The molecule has 0 amide bonds. The van der Waals surface area contributed by atoms with Crippen molar-refractivity contribution in [2.75, 3.05) is 14.2 Å². The number of nitrogens with one attached hydrogen (secondary N) is 1. The molecule has 2 bridgehead atoms. The van der Waals surface area contributed by atoms with Gasteiger partial charge in [0.2, 0.25) is 0 Å². The second kappa shape index (κ2) is 5.77. The van der Waals surface area contributed by atoms with Crippen molar-refractivity contribution in [3.63, 3.8) is 0 Å². The highest BCUT2D eigenvalue weighted by Gasteiger charge is 2.40. The van der Waals surface area contributed by atoms with Gasteiger partial charge >= 0.3 is 0 Å². The first-order valence-corrected chi connectivity index (χ1v) is 8.03. The molecule has 0 saturated heterocycles. The van der Waals surface area contributed by atoms with E-state index in [1.165, 1.54) is 43.2 Å². The molecule has 0 radical (unpaired) electrons. The van der Waals surface area contributed by atoms with Crippen LogP contribution in [-0.4, -0.2) is 14.2 Å². The van der Waals surface area contributed by atoms with Gasteiger partial charge in [0, 0.05) is 6.04 Å². The molecule has 2 nitrogen and oxygen atoms in total. The monoisotopic (exact) mass is 273 g/mol. The summed E-state index contributed by atoms with van der Waals surface area (Å²) in [7, 11) is 3.85. The summed E-state index contributed by atoms with van der Waals surface area (Å²) in [6.45, 7) is 2.10. The third-order valence-electron chi connectivity index (χ3n) is 5.61. The topological polar surface area (TPSA) is 21.3 Å². The second-order valence-corrected chi connectivity index (χ2v) is 6.74. The predicted octanol–water partition coefficient (Wildman–Crippen LogP) is 4.09. The van der Waals surface area contributed by atoms with E-state index in [1.807, 2.05) is 0 Å². The van der Waals surface area contributed by atoms with E-state index < -0.39 is 0 Å². The summed E-state index contributed by atoms with van der Waals surface area (Å²) in [5, 5.41) is 3.52. The van der Waals surface area contributed by atoms with Gasteiger partial charge in [-0.05, 0) is 74.6 Å². The van der Waals surface area contributed by atoms with Crippen LogP contribution in [0.3, 0.4) is 0 Å². The fourth-order valence-corrected chi connectivity index (χ4v) is 4.44. The van der Waals surface area contributed by atoms with E-state index >= 15 is 0 Å². The molecule has 2 aliphatic carbocycles. The lowest BCUT2D eigenvalue weighted by atomic mass is 9.82. The van der Waals surface area contributed by atoms with Crippen LogP contribution < -0.4 is 10.1 Å². The van der Waals surface area contributed by atoms with Crippen LogP contribution in [-0.2, 0) is 0 Å². The lowest BCUT2D eigenvalue weighted by molar-refractivity contribution is 0.284. The number of fused-ring (bicyclic) bond motifs is 2. The summed E-state index contributed by atoms with van der Waals surface area (Å²) in [4.78, 5) is 0. The van der Waals surface area contributed by atoms with E-state index in [1.54, 1.807) is 7.11 Å². The Balaban J connectivity index is 1.73. The van der Waals surface area contributed by atoms with Gasteiger partial charge in [-0.3, -0.25) is 0 Å². The van der Waals surface area contributed by atoms with Crippen molar-refractivity contribution in [2.45, 2.75) is 45.1 Å². The number of rotatable bonds is 5. The van der Waals surface area contributed by atoms with Gasteiger partial charge < -0.3 is 10.1 Å². The zero-order chi connectivity index (χ0) is 14.1. The maximum atomic E-state index is 5.47.